The average molecular weight is 147 g/mol. The van der Waals surface area contributed by atoms with Crippen LogP contribution in [0.25, 0.3) is 12.2 Å². The topological polar surface area (TPSA) is 15.8 Å². The molecule has 11 heavy (non-hydrogen) atoms. The molecule has 1 heteroatoms. The summed E-state index contributed by atoms with van der Waals surface area (Å²) >= 11 is 0. The molecule has 0 aliphatic heterocycles. The van der Waals surface area contributed by atoms with Crippen molar-refractivity contribution in [2.24, 2.45) is 0 Å². The lowest BCUT2D eigenvalue weighted by molar-refractivity contribution is 1.32. The third-order valence-electron chi connectivity index (χ3n) is 1.58. The molecule has 1 aromatic rings. The van der Waals surface area contributed by atoms with E-state index < -0.39 is 0 Å². The maximum absolute atomic E-state index is 3.15. The predicted octanol–water partition coefficient (Wildman–Crippen LogP) is 1.17. The van der Waals surface area contributed by atoms with Crippen molar-refractivity contribution < 1.29 is 0 Å². The number of hydrogen-bond acceptors (Lipinski definition) is 0. The Kier molecular flexibility index (Phi) is 2.73. The summed E-state index contributed by atoms with van der Waals surface area (Å²) in [4.78, 5) is 3.15. The summed E-state index contributed by atoms with van der Waals surface area (Å²) < 4.78 is 0. The van der Waals surface area contributed by atoms with Crippen LogP contribution in [0.3, 0.4) is 0 Å². The predicted molar refractivity (Wildman–Crippen MR) is 49.5 cm³/mol. The molecule has 0 aliphatic rings. The Morgan fingerprint density at radius 2 is 2.18 bits per heavy atom. The molecule has 1 aromatic heterocycles. The zero-order chi connectivity index (χ0) is 8.10. The molecule has 0 amide bonds. The van der Waals surface area contributed by atoms with Gasteiger partial charge in [-0.3, -0.25) is 0 Å². The number of allylic oxidation sites excluding steroid dienone is 2. The maximum atomic E-state index is 3.15. The van der Waals surface area contributed by atoms with E-state index in [4.69, 9.17) is 0 Å². The van der Waals surface area contributed by atoms with Gasteiger partial charge in [-0.1, -0.05) is 18.2 Å². The van der Waals surface area contributed by atoms with E-state index >= 15 is 0 Å². The maximum Gasteiger partial charge on any atom is 0.0450 e. The van der Waals surface area contributed by atoms with Crippen LogP contribution in [-0.4, -0.2) is 4.98 Å². The molecule has 0 radical (unpaired) electrons. The Morgan fingerprint density at radius 1 is 1.36 bits per heavy atom. The van der Waals surface area contributed by atoms with Gasteiger partial charge in [0.15, 0.2) is 0 Å². The van der Waals surface area contributed by atoms with E-state index in [1.165, 1.54) is 10.6 Å². The van der Waals surface area contributed by atoms with Gasteiger partial charge in [-0.15, -0.1) is 0 Å². The Morgan fingerprint density at radius 3 is 2.82 bits per heavy atom. The van der Waals surface area contributed by atoms with Crippen LogP contribution in [0.4, 0.5) is 0 Å². The van der Waals surface area contributed by atoms with Gasteiger partial charge in [-0.2, -0.15) is 0 Å². The number of hydrogen-bond donors (Lipinski definition) is 1. The Labute approximate surface area is 66.8 Å². The van der Waals surface area contributed by atoms with E-state index in [1.807, 2.05) is 32.2 Å². The molecule has 0 spiro atoms. The summed E-state index contributed by atoms with van der Waals surface area (Å²) in [5, 5.41) is 2.42. The van der Waals surface area contributed by atoms with Crippen molar-refractivity contribution in [1.29, 1.82) is 0 Å². The van der Waals surface area contributed by atoms with E-state index in [-0.39, 0.29) is 0 Å². The summed E-state index contributed by atoms with van der Waals surface area (Å²) in [6, 6.07) is 2.06. The van der Waals surface area contributed by atoms with Crippen LogP contribution in [0.15, 0.2) is 24.4 Å². The number of nitrogens with one attached hydrogen (secondary N) is 1. The molecule has 1 heterocycles. The van der Waals surface area contributed by atoms with E-state index in [9.17, 15) is 0 Å². The van der Waals surface area contributed by atoms with Crippen molar-refractivity contribution >= 4 is 12.2 Å². The molecular formula is C10H13N. The van der Waals surface area contributed by atoms with Gasteiger partial charge in [-0.05, 0) is 31.2 Å². The van der Waals surface area contributed by atoms with Gasteiger partial charge in [0.2, 0.25) is 0 Å². The van der Waals surface area contributed by atoms with Gasteiger partial charge < -0.3 is 4.98 Å². The molecule has 1 nitrogen and oxygen atoms in total. The third kappa shape index (κ3) is 1.84. The highest BCUT2D eigenvalue weighted by molar-refractivity contribution is 5.36. The van der Waals surface area contributed by atoms with E-state index in [1.54, 1.807) is 0 Å². The SMILES string of the molecule is CC=c1cc[nH]/c1=C/C=C\C. The van der Waals surface area contributed by atoms with Crippen LogP contribution in [0.2, 0.25) is 0 Å². The molecule has 0 fully saturated rings. The standard InChI is InChI=1S/C10H13N/c1-3-5-6-10-9(4-2)7-8-11-10/h3-8,11H,1-2H3/b5-3-,9-4?,10-6+. The molecule has 0 unspecified atom stereocenters. The minimum absolute atomic E-state index is 1.17. The van der Waals surface area contributed by atoms with Crippen molar-refractivity contribution in [1.82, 2.24) is 4.98 Å². The lowest BCUT2D eigenvalue weighted by Gasteiger charge is -1.75. The summed E-state index contributed by atoms with van der Waals surface area (Å²) in [5.74, 6) is 0. The second-order valence-corrected chi connectivity index (χ2v) is 2.33. The minimum atomic E-state index is 1.17. The quantitative estimate of drug-likeness (QED) is 0.613. The van der Waals surface area contributed by atoms with Crippen molar-refractivity contribution in [2.45, 2.75) is 13.8 Å². The largest absolute Gasteiger partial charge is 0.361 e. The first kappa shape index (κ1) is 7.86. The molecule has 58 valence electrons. The molecule has 0 bridgehead atoms. The number of aromatic nitrogens is 1. The number of rotatable bonds is 1. The third-order valence-corrected chi connectivity index (χ3v) is 1.58. The normalized spacial score (nSPS) is 15.1. The smallest absolute Gasteiger partial charge is 0.0450 e. The Hall–Kier alpha value is -1.24. The van der Waals surface area contributed by atoms with E-state index in [0.717, 1.165) is 0 Å². The van der Waals surface area contributed by atoms with Crippen LogP contribution in [0, 0.1) is 0 Å². The lowest BCUT2D eigenvalue weighted by atomic mass is 10.3. The lowest BCUT2D eigenvalue weighted by Crippen LogP contribution is -2.20. The van der Waals surface area contributed by atoms with E-state index in [0.29, 0.717) is 0 Å². The molecule has 0 aromatic carbocycles. The number of H-pyrrole nitrogens is 1. The van der Waals surface area contributed by atoms with Gasteiger partial charge in [0, 0.05) is 11.5 Å². The van der Waals surface area contributed by atoms with Crippen molar-refractivity contribution in [3.8, 4) is 0 Å². The zero-order valence-corrected chi connectivity index (χ0v) is 6.96. The molecule has 1 N–H and O–H groups in total. The number of aromatic amines is 1. The first-order chi connectivity index (χ1) is 5.38. The second-order valence-electron chi connectivity index (χ2n) is 2.33. The average Bonchev–Trinajstić information content (AvgIpc) is 2.47. The van der Waals surface area contributed by atoms with Gasteiger partial charge in [0.25, 0.3) is 0 Å². The van der Waals surface area contributed by atoms with Crippen molar-refractivity contribution in [2.75, 3.05) is 0 Å². The highest BCUT2D eigenvalue weighted by Crippen LogP contribution is 1.70. The summed E-state index contributed by atoms with van der Waals surface area (Å²) in [6.45, 7) is 4.05. The van der Waals surface area contributed by atoms with Crippen LogP contribution in [0.1, 0.15) is 13.8 Å². The van der Waals surface area contributed by atoms with Crippen LogP contribution in [-0.2, 0) is 0 Å². The van der Waals surface area contributed by atoms with Gasteiger partial charge in [-0.25, -0.2) is 0 Å². The first-order valence-electron chi connectivity index (χ1n) is 3.81. The van der Waals surface area contributed by atoms with Crippen LogP contribution < -0.4 is 10.6 Å². The first-order valence-corrected chi connectivity index (χ1v) is 3.81. The summed E-state index contributed by atoms with van der Waals surface area (Å²) in [5.41, 5.74) is 0. The fourth-order valence-electron chi connectivity index (χ4n) is 0.983. The molecule has 0 saturated carbocycles. The highest BCUT2D eigenvalue weighted by atomic mass is 14.6. The van der Waals surface area contributed by atoms with Crippen LogP contribution in [0.5, 0.6) is 0 Å². The van der Waals surface area contributed by atoms with Crippen molar-refractivity contribution in [3.05, 3.63) is 35.0 Å². The van der Waals surface area contributed by atoms with Gasteiger partial charge in [0.05, 0.1) is 0 Å². The Bertz CT molecular complexity index is 341. The molecule has 0 atom stereocenters. The van der Waals surface area contributed by atoms with E-state index in [2.05, 4.69) is 23.2 Å². The molecule has 0 aliphatic carbocycles. The minimum Gasteiger partial charge on any atom is -0.361 e. The van der Waals surface area contributed by atoms with Crippen molar-refractivity contribution in [3.63, 3.8) is 0 Å². The monoisotopic (exact) mass is 147 g/mol. The summed E-state index contributed by atoms with van der Waals surface area (Å²) in [7, 11) is 0. The Balaban J connectivity index is 3.23. The van der Waals surface area contributed by atoms with Gasteiger partial charge in [0.1, 0.15) is 0 Å². The molecular weight excluding hydrogens is 134 g/mol. The molecule has 0 saturated heterocycles. The summed E-state index contributed by atoms with van der Waals surface area (Å²) in [6.07, 6.45) is 10.1. The van der Waals surface area contributed by atoms with Gasteiger partial charge >= 0.3 is 0 Å². The highest BCUT2D eigenvalue weighted by Gasteiger charge is 1.79. The zero-order valence-electron chi connectivity index (χ0n) is 6.96. The fraction of sp³-hybridized carbons (Fsp3) is 0.200. The van der Waals surface area contributed by atoms with Crippen LogP contribution >= 0.6 is 0 Å². The fourth-order valence-corrected chi connectivity index (χ4v) is 0.983. The molecule has 1 rings (SSSR count). The second kappa shape index (κ2) is 3.81.